The first-order chi connectivity index (χ1) is 6.16. The summed E-state index contributed by atoms with van der Waals surface area (Å²) in [6.07, 6.45) is 1.87. The van der Waals surface area contributed by atoms with Gasteiger partial charge in [-0.1, -0.05) is 6.92 Å². The minimum absolute atomic E-state index is 0.398. The molecule has 4 heteroatoms. The lowest BCUT2D eigenvalue weighted by Crippen LogP contribution is -2.08. The molecule has 0 aliphatic heterocycles. The molecule has 0 radical (unpaired) electrons. The van der Waals surface area contributed by atoms with E-state index < -0.39 is 0 Å². The summed E-state index contributed by atoms with van der Waals surface area (Å²) in [7, 11) is 0. The van der Waals surface area contributed by atoms with Crippen molar-refractivity contribution in [2.75, 3.05) is 11.5 Å². The van der Waals surface area contributed by atoms with Gasteiger partial charge in [0.25, 0.3) is 0 Å². The SMILES string of the molecule is CCSCc1cnc(N)n1C(C)C. The zero-order valence-corrected chi connectivity index (χ0v) is 9.27. The largest absolute Gasteiger partial charge is 0.369 e. The van der Waals surface area contributed by atoms with Crippen LogP contribution in [-0.4, -0.2) is 15.3 Å². The van der Waals surface area contributed by atoms with Crippen LogP contribution in [0, 0.1) is 0 Å². The highest BCUT2D eigenvalue weighted by atomic mass is 32.2. The van der Waals surface area contributed by atoms with Gasteiger partial charge in [0.05, 0.1) is 6.20 Å². The second-order valence-corrected chi connectivity index (χ2v) is 4.48. The van der Waals surface area contributed by atoms with Crippen LogP contribution >= 0.6 is 11.8 Å². The van der Waals surface area contributed by atoms with Crippen LogP contribution in [-0.2, 0) is 5.75 Å². The molecular formula is C9H17N3S. The highest BCUT2D eigenvalue weighted by Gasteiger charge is 2.09. The number of aromatic nitrogens is 2. The highest BCUT2D eigenvalue weighted by molar-refractivity contribution is 7.98. The molecule has 0 aromatic carbocycles. The predicted octanol–water partition coefficient (Wildman–Crippen LogP) is 2.30. The minimum Gasteiger partial charge on any atom is -0.369 e. The number of imidazole rings is 1. The molecule has 0 fully saturated rings. The summed E-state index contributed by atoms with van der Waals surface area (Å²) in [6.45, 7) is 6.40. The Balaban J connectivity index is 2.81. The van der Waals surface area contributed by atoms with Crippen LogP contribution in [0.3, 0.4) is 0 Å². The monoisotopic (exact) mass is 199 g/mol. The minimum atomic E-state index is 0.398. The Bertz CT molecular complexity index is 268. The van der Waals surface area contributed by atoms with Crippen molar-refractivity contribution in [3.05, 3.63) is 11.9 Å². The van der Waals surface area contributed by atoms with Crippen molar-refractivity contribution in [2.24, 2.45) is 0 Å². The smallest absolute Gasteiger partial charge is 0.200 e. The maximum Gasteiger partial charge on any atom is 0.200 e. The Labute approximate surface area is 83.7 Å². The van der Waals surface area contributed by atoms with Gasteiger partial charge in [-0.25, -0.2) is 4.98 Å². The average molecular weight is 199 g/mol. The van der Waals surface area contributed by atoms with Gasteiger partial charge < -0.3 is 10.3 Å². The third-order valence-electron chi connectivity index (χ3n) is 1.87. The first kappa shape index (κ1) is 10.4. The van der Waals surface area contributed by atoms with Crippen molar-refractivity contribution in [3.8, 4) is 0 Å². The van der Waals surface area contributed by atoms with Gasteiger partial charge in [0, 0.05) is 17.5 Å². The third-order valence-corrected chi connectivity index (χ3v) is 2.78. The Morgan fingerprint density at radius 1 is 1.62 bits per heavy atom. The highest BCUT2D eigenvalue weighted by Crippen LogP contribution is 2.19. The molecule has 0 bridgehead atoms. The normalized spacial score (nSPS) is 11.1. The predicted molar refractivity (Wildman–Crippen MR) is 58.9 cm³/mol. The van der Waals surface area contributed by atoms with Crippen molar-refractivity contribution in [1.29, 1.82) is 0 Å². The molecule has 1 heterocycles. The molecule has 0 aliphatic carbocycles. The van der Waals surface area contributed by atoms with E-state index >= 15 is 0 Å². The van der Waals surface area contributed by atoms with E-state index in [0.29, 0.717) is 12.0 Å². The van der Waals surface area contributed by atoms with Crippen molar-refractivity contribution in [1.82, 2.24) is 9.55 Å². The van der Waals surface area contributed by atoms with Crippen molar-refractivity contribution in [3.63, 3.8) is 0 Å². The van der Waals surface area contributed by atoms with Crippen LogP contribution in [0.4, 0.5) is 5.95 Å². The van der Waals surface area contributed by atoms with Crippen LogP contribution in [0.5, 0.6) is 0 Å². The first-order valence-corrected chi connectivity index (χ1v) is 5.71. The second-order valence-electron chi connectivity index (χ2n) is 3.21. The van der Waals surface area contributed by atoms with Crippen molar-refractivity contribution < 1.29 is 0 Å². The van der Waals surface area contributed by atoms with E-state index in [0.717, 1.165) is 11.5 Å². The topological polar surface area (TPSA) is 43.8 Å². The van der Waals surface area contributed by atoms with Crippen LogP contribution in [0.2, 0.25) is 0 Å². The van der Waals surface area contributed by atoms with E-state index in [1.54, 1.807) is 0 Å². The third kappa shape index (κ3) is 2.40. The lowest BCUT2D eigenvalue weighted by molar-refractivity contribution is 0.593. The molecule has 0 aliphatic rings. The number of nitrogens with zero attached hydrogens (tertiary/aromatic N) is 2. The molecule has 3 nitrogen and oxygen atoms in total. The molecule has 1 aromatic heterocycles. The van der Waals surface area contributed by atoms with E-state index in [1.165, 1.54) is 5.69 Å². The molecule has 74 valence electrons. The molecule has 0 saturated heterocycles. The summed E-state index contributed by atoms with van der Waals surface area (Å²) in [6, 6.07) is 0.398. The molecule has 0 atom stereocenters. The van der Waals surface area contributed by atoms with Gasteiger partial charge in [-0.3, -0.25) is 0 Å². The Hall–Kier alpha value is -0.640. The number of hydrogen-bond donors (Lipinski definition) is 1. The second kappa shape index (κ2) is 4.56. The van der Waals surface area contributed by atoms with E-state index in [4.69, 9.17) is 5.73 Å². The molecular weight excluding hydrogens is 182 g/mol. The summed E-state index contributed by atoms with van der Waals surface area (Å²) >= 11 is 1.89. The summed E-state index contributed by atoms with van der Waals surface area (Å²) < 4.78 is 2.09. The van der Waals surface area contributed by atoms with Crippen LogP contribution in [0.15, 0.2) is 6.20 Å². The zero-order valence-electron chi connectivity index (χ0n) is 8.45. The van der Waals surface area contributed by atoms with Gasteiger partial charge >= 0.3 is 0 Å². The Morgan fingerprint density at radius 3 is 2.85 bits per heavy atom. The average Bonchev–Trinajstić information content (AvgIpc) is 2.43. The summed E-state index contributed by atoms with van der Waals surface area (Å²) in [5.74, 6) is 2.75. The van der Waals surface area contributed by atoms with Crippen LogP contribution in [0.25, 0.3) is 0 Å². The molecule has 0 unspecified atom stereocenters. The summed E-state index contributed by atoms with van der Waals surface area (Å²) in [5.41, 5.74) is 6.98. The number of nitrogens with two attached hydrogens (primary N) is 1. The summed E-state index contributed by atoms with van der Waals surface area (Å²) in [5, 5.41) is 0. The van der Waals surface area contributed by atoms with Gasteiger partial charge in [-0.2, -0.15) is 11.8 Å². The van der Waals surface area contributed by atoms with Gasteiger partial charge in [0.15, 0.2) is 0 Å². The van der Waals surface area contributed by atoms with E-state index in [-0.39, 0.29) is 0 Å². The maximum atomic E-state index is 5.76. The maximum absolute atomic E-state index is 5.76. The number of rotatable bonds is 4. The molecule has 0 saturated carbocycles. The van der Waals surface area contributed by atoms with Gasteiger partial charge in [0.1, 0.15) is 0 Å². The van der Waals surface area contributed by atoms with Gasteiger partial charge in [-0.05, 0) is 19.6 Å². The Kier molecular flexibility index (Phi) is 3.66. The zero-order chi connectivity index (χ0) is 9.84. The summed E-state index contributed by atoms with van der Waals surface area (Å²) in [4.78, 5) is 4.12. The number of hydrogen-bond acceptors (Lipinski definition) is 3. The first-order valence-electron chi connectivity index (χ1n) is 4.56. The van der Waals surface area contributed by atoms with Crippen LogP contribution in [0.1, 0.15) is 32.5 Å². The standard InChI is InChI=1S/C9H17N3S/c1-4-13-6-8-5-11-9(10)12(8)7(2)3/h5,7H,4,6H2,1-3H3,(H2,10,11). The quantitative estimate of drug-likeness (QED) is 0.809. The number of thioether (sulfide) groups is 1. The molecule has 0 spiro atoms. The van der Waals surface area contributed by atoms with Crippen LogP contribution < -0.4 is 5.73 Å². The lowest BCUT2D eigenvalue weighted by Gasteiger charge is -2.12. The molecule has 0 amide bonds. The lowest BCUT2D eigenvalue weighted by atomic mass is 10.3. The van der Waals surface area contributed by atoms with E-state index in [9.17, 15) is 0 Å². The van der Waals surface area contributed by atoms with E-state index in [1.807, 2.05) is 18.0 Å². The van der Waals surface area contributed by atoms with Crippen molar-refractivity contribution in [2.45, 2.75) is 32.6 Å². The van der Waals surface area contributed by atoms with E-state index in [2.05, 4.69) is 30.3 Å². The molecule has 2 N–H and O–H groups in total. The fraction of sp³-hybridized carbons (Fsp3) is 0.667. The fourth-order valence-electron chi connectivity index (χ4n) is 1.32. The fourth-order valence-corrected chi connectivity index (χ4v) is 1.95. The molecule has 1 rings (SSSR count). The number of anilines is 1. The van der Waals surface area contributed by atoms with Crippen molar-refractivity contribution >= 4 is 17.7 Å². The molecule has 1 aromatic rings. The van der Waals surface area contributed by atoms with Gasteiger partial charge in [0.2, 0.25) is 5.95 Å². The number of nitrogen functional groups attached to an aromatic ring is 1. The Morgan fingerprint density at radius 2 is 2.31 bits per heavy atom. The molecule has 13 heavy (non-hydrogen) atoms. The van der Waals surface area contributed by atoms with Gasteiger partial charge in [-0.15, -0.1) is 0 Å².